The van der Waals surface area contributed by atoms with Crippen LogP contribution in [0.1, 0.15) is 12.8 Å². The molecular weight excluding hydrogens is 594 g/mol. The highest BCUT2D eigenvalue weighted by Gasteiger charge is 2.45. The van der Waals surface area contributed by atoms with Crippen molar-refractivity contribution in [3.05, 3.63) is 84.4 Å². The molecular formula is C34H34F2N6O4. The van der Waals surface area contributed by atoms with Crippen LogP contribution in [0.4, 0.5) is 31.5 Å². The van der Waals surface area contributed by atoms with Crippen LogP contribution in [-0.2, 0) is 19.2 Å². The van der Waals surface area contributed by atoms with Crippen molar-refractivity contribution in [2.24, 2.45) is 0 Å². The molecule has 7 rings (SSSR count). The Morgan fingerprint density at radius 2 is 0.826 bits per heavy atom. The third-order valence-electron chi connectivity index (χ3n) is 9.51. The molecule has 0 saturated carbocycles. The number of carbonyl (C=O) groups excluding carboxylic acids is 4. The van der Waals surface area contributed by atoms with Crippen molar-refractivity contribution in [3.63, 3.8) is 0 Å². The number of imide groups is 2. The molecule has 3 aromatic rings. The Morgan fingerprint density at radius 1 is 0.478 bits per heavy atom. The van der Waals surface area contributed by atoms with Crippen LogP contribution in [-0.4, -0.2) is 97.9 Å². The molecule has 4 fully saturated rings. The van der Waals surface area contributed by atoms with E-state index in [9.17, 15) is 28.0 Å². The summed E-state index contributed by atoms with van der Waals surface area (Å²) in [4.78, 5) is 63.2. The molecule has 2 atom stereocenters. The number of carbonyl (C=O) groups is 4. The summed E-state index contributed by atoms with van der Waals surface area (Å²) in [5, 5.41) is 0. The fourth-order valence-corrected chi connectivity index (χ4v) is 7.06. The molecule has 4 saturated heterocycles. The lowest BCUT2D eigenvalue weighted by Gasteiger charge is -2.38. The highest BCUT2D eigenvalue weighted by atomic mass is 19.1. The van der Waals surface area contributed by atoms with Crippen molar-refractivity contribution < 1.29 is 28.0 Å². The van der Waals surface area contributed by atoms with Crippen molar-refractivity contribution in [3.8, 4) is 0 Å². The van der Waals surface area contributed by atoms with Crippen LogP contribution in [0.15, 0.2) is 72.8 Å². The van der Waals surface area contributed by atoms with Gasteiger partial charge in [0.15, 0.2) is 0 Å². The van der Waals surface area contributed by atoms with Gasteiger partial charge in [0.05, 0.1) is 47.7 Å². The number of amides is 4. The van der Waals surface area contributed by atoms with E-state index in [1.165, 1.54) is 21.9 Å². The van der Waals surface area contributed by atoms with Crippen LogP contribution in [0.3, 0.4) is 0 Å². The summed E-state index contributed by atoms with van der Waals surface area (Å²) in [5.74, 6) is -1.85. The van der Waals surface area contributed by atoms with Crippen molar-refractivity contribution in [1.82, 2.24) is 9.80 Å². The third-order valence-corrected chi connectivity index (χ3v) is 9.51. The first kappa shape index (κ1) is 30.0. The minimum absolute atomic E-state index is 0.0508. The van der Waals surface area contributed by atoms with Crippen LogP contribution in [0.2, 0.25) is 0 Å². The molecule has 4 aliphatic heterocycles. The standard InChI is InChI=1S/C34H34F2N6O4/c35-25-5-1-3-7-27(25)37-13-17-39(18-14-37)29-21-31(43)41(33(29)45)23-9-11-24(12-10-23)42-32(44)22-30(34(42)46)40-19-15-38(16-20-40)28-8-4-2-6-26(28)36/h1-12,29-30H,13-22H2/t29-,30-/m0/s1. The fourth-order valence-electron chi connectivity index (χ4n) is 7.06. The van der Waals surface area contributed by atoms with E-state index < -0.39 is 12.1 Å². The second-order valence-electron chi connectivity index (χ2n) is 12.0. The van der Waals surface area contributed by atoms with E-state index in [0.717, 1.165) is 0 Å². The number of rotatable bonds is 6. The molecule has 10 nitrogen and oxygen atoms in total. The number of hydrogen-bond acceptors (Lipinski definition) is 8. The van der Waals surface area contributed by atoms with Crippen LogP contribution >= 0.6 is 0 Å². The van der Waals surface area contributed by atoms with E-state index >= 15 is 0 Å². The molecule has 0 unspecified atom stereocenters. The summed E-state index contributed by atoms with van der Waals surface area (Å²) in [6.07, 6.45) is 0.102. The summed E-state index contributed by atoms with van der Waals surface area (Å²) in [6, 6.07) is 18.4. The number of hydrogen-bond donors (Lipinski definition) is 0. The average Bonchev–Trinajstić information content (AvgIpc) is 3.54. The van der Waals surface area contributed by atoms with E-state index in [4.69, 9.17) is 0 Å². The smallest absolute Gasteiger partial charge is 0.251 e. The highest BCUT2D eigenvalue weighted by molar-refractivity contribution is 6.24. The van der Waals surface area contributed by atoms with E-state index in [0.29, 0.717) is 75.1 Å². The molecule has 0 radical (unpaired) electrons. The zero-order valence-electron chi connectivity index (χ0n) is 25.2. The van der Waals surface area contributed by atoms with Crippen LogP contribution in [0.5, 0.6) is 0 Å². The Hall–Kier alpha value is -4.68. The first-order valence-electron chi connectivity index (χ1n) is 15.6. The van der Waals surface area contributed by atoms with E-state index in [1.807, 2.05) is 19.6 Å². The lowest BCUT2D eigenvalue weighted by Crippen LogP contribution is -2.52. The Morgan fingerprint density at radius 3 is 1.17 bits per heavy atom. The van der Waals surface area contributed by atoms with Gasteiger partial charge < -0.3 is 9.80 Å². The van der Waals surface area contributed by atoms with Crippen LogP contribution < -0.4 is 19.6 Å². The number of para-hydroxylation sites is 2. The zero-order chi connectivity index (χ0) is 31.9. The molecule has 0 aliphatic carbocycles. The minimum atomic E-state index is -0.601. The molecule has 0 spiro atoms. The van der Waals surface area contributed by atoms with Crippen molar-refractivity contribution in [1.29, 1.82) is 0 Å². The fraction of sp³-hybridized carbons (Fsp3) is 0.353. The average molecular weight is 629 g/mol. The summed E-state index contributed by atoms with van der Waals surface area (Å²) in [5.41, 5.74) is 1.82. The number of halogens is 2. The predicted octanol–water partition coefficient (Wildman–Crippen LogP) is 2.87. The van der Waals surface area contributed by atoms with Crippen molar-refractivity contribution in [2.45, 2.75) is 24.9 Å². The SMILES string of the molecule is O=C1C[C@H](N2CCN(c3ccccc3F)CC2)C(=O)N1c1ccc(N2C(=O)C[C@H](N3CCN(c4ccccc4F)CC3)C2=O)cc1. The third kappa shape index (κ3) is 5.41. The zero-order valence-corrected chi connectivity index (χ0v) is 25.2. The van der Waals surface area contributed by atoms with Gasteiger partial charge >= 0.3 is 0 Å². The first-order valence-corrected chi connectivity index (χ1v) is 15.6. The van der Waals surface area contributed by atoms with Gasteiger partial charge in [0.25, 0.3) is 11.8 Å². The number of benzene rings is 3. The molecule has 46 heavy (non-hydrogen) atoms. The van der Waals surface area contributed by atoms with Crippen LogP contribution in [0.25, 0.3) is 0 Å². The number of piperazine rings is 2. The quantitative estimate of drug-likeness (QED) is 0.386. The normalized spacial score (nSPS) is 23.3. The van der Waals surface area contributed by atoms with Crippen LogP contribution in [0, 0.1) is 11.6 Å². The largest absolute Gasteiger partial charge is 0.367 e. The maximum Gasteiger partial charge on any atom is 0.251 e. The second kappa shape index (κ2) is 12.3. The van der Waals surface area contributed by atoms with Gasteiger partial charge in [0.2, 0.25) is 11.8 Å². The van der Waals surface area contributed by atoms with E-state index in [2.05, 4.69) is 0 Å². The summed E-state index contributed by atoms with van der Waals surface area (Å²) in [6.45, 7) is 4.21. The number of nitrogens with zero attached hydrogens (tertiary/aromatic N) is 6. The lowest BCUT2D eigenvalue weighted by molar-refractivity contribution is -0.124. The van der Waals surface area contributed by atoms with Gasteiger partial charge in [-0.25, -0.2) is 18.6 Å². The molecule has 0 bridgehead atoms. The Bertz CT molecular complexity index is 1550. The number of anilines is 4. The van der Waals surface area contributed by atoms with Gasteiger partial charge in [-0.2, -0.15) is 0 Å². The van der Waals surface area contributed by atoms with Gasteiger partial charge in [-0.15, -0.1) is 0 Å². The molecule has 4 aliphatic rings. The van der Waals surface area contributed by atoms with Gasteiger partial charge in [0.1, 0.15) is 11.6 Å². The lowest BCUT2D eigenvalue weighted by atomic mass is 10.1. The van der Waals surface area contributed by atoms with Gasteiger partial charge in [-0.1, -0.05) is 24.3 Å². The molecule has 0 N–H and O–H groups in total. The molecule has 12 heteroatoms. The Balaban J connectivity index is 0.974. The van der Waals surface area contributed by atoms with Crippen molar-refractivity contribution >= 4 is 46.4 Å². The topological polar surface area (TPSA) is 87.7 Å². The van der Waals surface area contributed by atoms with Gasteiger partial charge in [0, 0.05) is 52.4 Å². The predicted molar refractivity (Wildman–Crippen MR) is 169 cm³/mol. The highest BCUT2D eigenvalue weighted by Crippen LogP contribution is 2.32. The van der Waals surface area contributed by atoms with E-state index in [-0.39, 0.29) is 48.1 Å². The minimum Gasteiger partial charge on any atom is -0.367 e. The summed E-state index contributed by atoms with van der Waals surface area (Å²) < 4.78 is 28.5. The molecule has 3 aromatic carbocycles. The monoisotopic (exact) mass is 628 g/mol. The Kier molecular flexibility index (Phi) is 7.99. The summed E-state index contributed by atoms with van der Waals surface area (Å²) >= 11 is 0. The maximum absolute atomic E-state index is 14.3. The second-order valence-corrected chi connectivity index (χ2v) is 12.0. The van der Waals surface area contributed by atoms with Crippen molar-refractivity contribution in [2.75, 3.05) is 72.0 Å². The van der Waals surface area contributed by atoms with Gasteiger partial charge in [-0.05, 0) is 48.5 Å². The first-order chi connectivity index (χ1) is 22.3. The molecule has 4 amide bonds. The van der Waals surface area contributed by atoms with Gasteiger partial charge in [-0.3, -0.25) is 29.0 Å². The van der Waals surface area contributed by atoms with E-state index in [1.54, 1.807) is 60.7 Å². The Labute approximate surface area is 265 Å². The molecule has 0 aromatic heterocycles. The maximum atomic E-state index is 14.3. The summed E-state index contributed by atoms with van der Waals surface area (Å²) in [7, 11) is 0. The molecule has 4 heterocycles. The molecule has 238 valence electrons.